The molecule has 1 amide bonds. The van der Waals surface area contributed by atoms with Gasteiger partial charge in [-0.15, -0.1) is 11.8 Å². The number of piperidine rings is 1. The lowest BCUT2D eigenvalue weighted by Crippen LogP contribution is -2.40. The van der Waals surface area contributed by atoms with Crippen LogP contribution < -0.4 is 10.6 Å². The van der Waals surface area contributed by atoms with Gasteiger partial charge in [-0.25, -0.2) is 4.39 Å². The van der Waals surface area contributed by atoms with E-state index in [0.717, 1.165) is 35.5 Å². The second-order valence-corrected chi connectivity index (χ2v) is 8.26. The molecule has 0 aliphatic carbocycles. The molecule has 1 aromatic rings. The van der Waals surface area contributed by atoms with Crippen LogP contribution in [-0.2, 0) is 4.79 Å². The Morgan fingerprint density at radius 3 is 2.83 bits per heavy atom. The summed E-state index contributed by atoms with van der Waals surface area (Å²) in [5.74, 6) is 1.38. The molecular weight excluding hydrogens is 311 g/mol. The number of rotatable bonds is 3. The second kappa shape index (κ2) is 6.44. The minimum atomic E-state index is -0.222. The highest BCUT2D eigenvalue weighted by Gasteiger charge is 2.34. The van der Waals surface area contributed by atoms with Crippen LogP contribution >= 0.6 is 11.8 Å². The molecule has 0 radical (unpaired) electrons. The van der Waals surface area contributed by atoms with E-state index >= 15 is 0 Å². The molecule has 3 atom stereocenters. The summed E-state index contributed by atoms with van der Waals surface area (Å²) in [6.07, 6.45) is 6.25. The quantitative estimate of drug-likeness (QED) is 0.890. The molecule has 2 saturated heterocycles. The second-order valence-electron chi connectivity index (χ2n) is 7.12. The van der Waals surface area contributed by atoms with Gasteiger partial charge in [-0.1, -0.05) is 0 Å². The number of fused-ring (bicyclic) bond motifs is 3. The maximum absolute atomic E-state index is 13.5. The maximum Gasteiger partial charge on any atom is 0.220 e. The lowest BCUT2D eigenvalue weighted by molar-refractivity contribution is -0.123. The number of nitrogens with one attached hydrogen (secondary N) is 2. The van der Waals surface area contributed by atoms with E-state index in [0.29, 0.717) is 24.4 Å². The highest BCUT2D eigenvalue weighted by molar-refractivity contribution is 7.99. The van der Waals surface area contributed by atoms with Gasteiger partial charge in [0.15, 0.2) is 0 Å². The fraction of sp³-hybridized carbons (Fsp3) is 0.611. The van der Waals surface area contributed by atoms with E-state index in [1.165, 1.54) is 18.9 Å². The van der Waals surface area contributed by atoms with Gasteiger partial charge in [-0.05, 0) is 61.8 Å². The molecule has 2 bridgehead atoms. The third kappa shape index (κ3) is 3.41. The van der Waals surface area contributed by atoms with E-state index in [1.54, 1.807) is 17.8 Å². The molecule has 0 saturated carbocycles. The van der Waals surface area contributed by atoms with Crippen LogP contribution in [0.15, 0.2) is 23.1 Å². The van der Waals surface area contributed by atoms with Crippen molar-refractivity contribution in [3.63, 3.8) is 0 Å². The molecule has 1 aromatic carbocycles. The Bertz CT molecular complexity index is 597. The zero-order valence-electron chi connectivity index (χ0n) is 13.2. The molecule has 3 aliphatic heterocycles. The smallest absolute Gasteiger partial charge is 0.220 e. The summed E-state index contributed by atoms with van der Waals surface area (Å²) < 4.78 is 13.5. The number of halogens is 1. The number of carbonyl (C=O) groups excluding carboxylic acids is 1. The summed E-state index contributed by atoms with van der Waals surface area (Å²) in [5, 5.41) is 6.78. The highest BCUT2D eigenvalue weighted by Crippen LogP contribution is 2.37. The average Bonchev–Trinajstić information content (AvgIpc) is 2.86. The van der Waals surface area contributed by atoms with Gasteiger partial charge in [0.25, 0.3) is 0 Å². The maximum atomic E-state index is 13.5. The predicted molar refractivity (Wildman–Crippen MR) is 89.9 cm³/mol. The van der Waals surface area contributed by atoms with Crippen molar-refractivity contribution in [3.8, 4) is 0 Å². The first-order valence-electron chi connectivity index (χ1n) is 8.65. The topological polar surface area (TPSA) is 41.1 Å². The Labute approximate surface area is 140 Å². The molecule has 4 rings (SSSR count). The lowest BCUT2D eigenvalue weighted by atomic mass is 9.89. The van der Waals surface area contributed by atoms with E-state index < -0.39 is 0 Å². The monoisotopic (exact) mass is 334 g/mol. The first-order valence-corrected chi connectivity index (χ1v) is 9.63. The fourth-order valence-electron chi connectivity index (χ4n) is 4.37. The van der Waals surface area contributed by atoms with Gasteiger partial charge in [0, 0.05) is 29.2 Å². The number of thioether (sulfide) groups is 1. The molecule has 3 heterocycles. The summed E-state index contributed by atoms with van der Waals surface area (Å²) in [4.78, 5) is 13.6. The lowest BCUT2D eigenvalue weighted by Gasteiger charge is -2.30. The van der Waals surface area contributed by atoms with Crippen molar-refractivity contribution in [1.82, 2.24) is 10.6 Å². The number of hydrogen-bond donors (Lipinski definition) is 2. The van der Waals surface area contributed by atoms with Gasteiger partial charge in [0.1, 0.15) is 5.82 Å². The minimum absolute atomic E-state index is 0.0344. The molecule has 3 aliphatic rings. The number of amides is 1. The Hall–Kier alpha value is -1.07. The van der Waals surface area contributed by atoms with E-state index in [9.17, 15) is 9.18 Å². The number of carbonyl (C=O) groups is 1. The van der Waals surface area contributed by atoms with Gasteiger partial charge in [-0.2, -0.15) is 0 Å². The summed E-state index contributed by atoms with van der Waals surface area (Å²) in [6.45, 7) is 0. The average molecular weight is 334 g/mol. The molecule has 2 N–H and O–H groups in total. The number of hydrogen-bond acceptors (Lipinski definition) is 3. The van der Waals surface area contributed by atoms with Crippen LogP contribution in [-0.4, -0.2) is 23.7 Å². The Kier molecular flexibility index (Phi) is 4.33. The van der Waals surface area contributed by atoms with Crippen molar-refractivity contribution < 1.29 is 9.18 Å². The van der Waals surface area contributed by atoms with Crippen LogP contribution in [0.2, 0.25) is 0 Å². The zero-order chi connectivity index (χ0) is 15.8. The standard InChI is InChI=1S/C18H23FN2OS/c19-12-1-4-17-15(10-12)16(5-6-23-17)21-18(22)9-11-7-13-2-3-14(8-11)20-13/h1,4,10-11,13-14,16,20H,2-3,5-9H2,(H,21,22). The van der Waals surface area contributed by atoms with E-state index in [4.69, 9.17) is 0 Å². The molecule has 124 valence electrons. The third-order valence-electron chi connectivity index (χ3n) is 5.39. The van der Waals surface area contributed by atoms with Gasteiger partial charge in [0.2, 0.25) is 5.91 Å². The third-order valence-corrected chi connectivity index (χ3v) is 6.51. The van der Waals surface area contributed by atoms with Gasteiger partial charge in [-0.3, -0.25) is 4.79 Å². The predicted octanol–water partition coefficient (Wildman–Crippen LogP) is 3.40. The van der Waals surface area contributed by atoms with Gasteiger partial charge < -0.3 is 10.6 Å². The largest absolute Gasteiger partial charge is 0.349 e. The van der Waals surface area contributed by atoms with Crippen molar-refractivity contribution in [3.05, 3.63) is 29.6 Å². The Balaban J connectivity index is 1.39. The van der Waals surface area contributed by atoms with Crippen molar-refractivity contribution in [2.45, 2.75) is 61.5 Å². The van der Waals surface area contributed by atoms with E-state index in [-0.39, 0.29) is 17.8 Å². The molecular formula is C18H23FN2OS. The van der Waals surface area contributed by atoms with Crippen LogP contribution in [0.25, 0.3) is 0 Å². The van der Waals surface area contributed by atoms with E-state index in [1.807, 2.05) is 6.07 Å². The normalized spacial score (nSPS) is 32.4. The first kappa shape index (κ1) is 15.5. The molecule has 0 aromatic heterocycles. The van der Waals surface area contributed by atoms with Crippen LogP contribution in [0.5, 0.6) is 0 Å². The molecule has 3 nitrogen and oxygen atoms in total. The van der Waals surface area contributed by atoms with Crippen molar-refractivity contribution in [2.24, 2.45) is 5.92 Å². The summed E-state index contributed by atoms with van der Waals surface area (Å²) in [7, 11) is 0. The molecule has 3 unspecified atom stereocenters. The van der Waals surface area contributed by atoms with Crippen LogP contribution in [0.1, 0.15) is 50.1 Å². The fourth-order valence-corrected chi connectivity index (χ4v) is 5.48. The van der Waals surface area contributed by atoms with Crippen molar-refractivity contribution >= 4 is 17.7 Å². The van der Waals surface area contributed by atoms with E-state index in [2.05, 4.69) is 10.6 Å². The molecule has 2 fully saturated rings. The van der Waals surface area contributed by atoms with Crippen LogP contribution in [0, 0.1) is 11.7 Å². The number of benzene rings is 1. The minimum Gasteiger partial charge on any atom is -0.349 e. The molecule has 5 heteroatoms. The zero-order valence-corrected chi connectivity index (χ0v) is 14.0. The molecule has 0 spiro atoms. The van der Waals surface area contributed by atoms with Crippen LogP contribution in [0.3, 0.4) is 0 Å². The van der Waals surface area contributed by atoms with Crippen molar-refractivity contribution in [2.75, 3.05) is 5.75 Å². The summed E-state index contributed by atoms with van der Waals surface area (Å²) >= 11 is 1.75. The SMILES string of the molecule is O=C(CC1CC2CCC(C1)N2)NC1CCSc2ccc(F)cc21. The Morgan fingerprint density at radius 1 is 1.26 bits per heavy atom. The Morgan fingerprint density at radius 2 is 2.04 bits per heavy atom. The first-order chi connectivity index (χ1) is 11.2. The van der Waals surface area contributed by atoms with Crippen LogP contribution in [0.4, 0.5) is 4.39 Å². The summed E-state index contributed by atoms with van der Waals surface area (Å²) in [6, 6.07) is 6.11. The summed E-state index contributed by atoms with van der Waals surface area (Å²) in [5.41, 5.74) is 0.944. The highest BCUT2D eigenvalue weighted by atomic mass is 32.2. The molecule has 23 heavy (non-hydrogen) atoms. The van der Waals surface area contributed by atoms with Gasteiger partial charge in [0.05, 0.1) is 6.04 Å². The van der Waals surface area contributed by atoms with Gasteiger partial charge >= 0.3 is 0 Å². The van der Waals surface area contributed by atoms with Crippen molar-refractivity contribution in [1.29, 1.82) is 0 Å².